The first-order valence-corrected chi connectivity index (χ1v) is 5.86. The molecule has 0 saturated heterocycles. The number of hydrogen-bond donors (Lipinski definition) is 1. The highest BCUT2D eigenvalue weighted by atomic mass is 16.5. The molecular weight excluding hydrogens is 230 g/mol. The number of carbonyl (C=O) groups excluding carboxylic acids is 1. The van der Waals surface area contributed by atoms with E-state index in [1.807, 2.05) is 18.3 Å². The molecule has 2 aromatic heterocycles. The van der Waals surface area contributed by atoms with Gasteiger partial charge in [0.05, 0.1) is 6.20 Å². The number of rotatable bonds is 5. The standard InChI is InChI=1S/C13H15N3O2/c1-10-12(9-16-18-10)13(17)15-7-3-5-11-4-2-6-14-8-11/h2,4,6,8-9H,3,5,7H2,1H3,(H,15,17). The minimum Gasteiger partial charge on any atom is -0.361 e. The predicted molar refractivity (Wildman–Crippen MR) is 66.1 cm³/mol. The SMILES string of the molecule is Cc1oncc1C(=O)NCCCc1cccnc1. The maximum Gasteiger partial charge on any atom is 0.256 e. The van der Waals surface area contributed by atoms with Crippen LogP contribution in [0.5, 0.6) is 0 Å². The van der Waals surface area contributed by atoms with Crippen LogP contribution in [0.1, 0.15) is 28.1 Å². The normalized spacial score (nSPS) is 10.3. The summed E-state index contributed by atoms with van der Waals surface area (Å²) in [5, 5.41) is 6.41. The number of aromatic nitrogens is 2. The molecule has 2 heterocycles. The zero-order chi connectivity index (χ0) is 12.8. The van der Waals surface area contributed by atoms with Crippen molar-refractivity contribution in [3.05, 3.63) is 47.6 Å². The summed E-state index contributed by atoms with van der Waals surface area (Å²) in [6.07, 6.45) is 6.80. The van der Waals surface area contributed by atoms with Gasteiger partial charge in [0.2, 0.25) is 0 Å². The van der Waals surface area contributed by atoms with E-state index in [1.165, 1.54) is 11.8 Å². The van der Waals surface area contributed by atoms with E-state index in [1.54, 1.807) is 13.1 Å². The van der Waals surface area contributed by atoms with Crippen LogP contribution in [0, 0.1) is 6.92 Å². The number of amides is 1. The third-order valence-electron chi connectivity index (χ3n) is 2.65. The summed E-state index contributed by atoms with van der Waals surface area (Å²) in [6.45, 7) is 2.34. The van der Waals surface area contributed by atoms with E-state index in [4.69, 9.17) is 4.52 Å². The van der Waals surface area contributed by atoms with Gasteiger partial charge in [0.25, 0.3) is 5.91 Å². The Morgan fingerprint density at radius 1 is 1.44 bits per heavy atom. The van der Waals surface area contributed by atoms with Gasteiger partial charge in [-0.05, 0) is 31.4 Å². The first kappa shape index (κ1) is 12.3. The molecule has 1 amide bonds. The lowest BCUT2D eigenvalue weighted by molar-refractivity contribution is 0.0951. The van der Waals surface area contributed by atoms with E-state index in [0.29, 0.717) is 17.9 Å². The summed E-state index contributed by atoms with van der Waals surface area (Å²) in [4.78, 5) is 15.8. The highest BCUT2D eigenvalue weighted by molar-refractivity contribution is 5.94. The Morgan fingerprint density at radius 3 is 3.00 bits per heavy atom. The van der Waals surface area contributed by atoms with Crippen molar-refractivity contribution < 1.29 is 9.32 Å². The lowest BCUT2D eigenvalue weighted by Gasteiger charge is -2.03. The summed E-state index contributed by atoms with van der Waals surface area (Å²) in [6, 6.07) is 3.94. The molecule has 0 bridgehead atoms. The molecule has 5 heteroatoms. The van der Waals surface area contributed by atoms with E-state index in [2.05, 4.69) is 15.5 Å². The summed E-state index contributed by atoms with van der Waals surface area (Å²) in [5.41, 5.74) is 1.67. The molecule has 0 aliphatic rings. The number of nitrogens with one attached hydrogen (secondary N) is 1. The molecule has 0 saturated carbocycles. The largest absolute Gasteiger partial charge is 0.361 e. The lowest BCUT2D eigenvalue weighted by Crippen LogP contribution is -2.24. The maximum atomic E-state index is 11.7. The van der Waals surface area contributed by atoms with Gasteiger partial charge in [-0.2, -0.15) is 0 Å². The molecule has 0 aromatic carbocycles. The average Bonchev–Trinajstić information content (AvgIpc) is 2.82. The quantitative estimate of drug-likeness (QED) is 0.815. The van der Waals surface area contributed by atoms with E-state index < -0.39 is 0 Å². The molecule has 94 valence electrons. The molecule has 0 fully saturated rings. The molecule has 1 N–H and O–H groups in total. The summed E-state index contributed by atoms with van der Waals surface area (Å²) >= 11 is 0. The monoisotopic (exact) mass is 245 g/mol. The smallest absolute Gasteiger partial charge is 0.256 e. The second kappa shape index (κ2) is 5.95. The summed E-state index contributed by atoms with van der Waals surface area (Å²) in [7, 11) is 0. The van der Waals surface area contributed by atoms with Crippen molar-refractivity contribution >= 4 is 5.91 Å². The second-order valence-electron chi connectivity index (χ2n) is 4.02. The molecule has 5 nitrogen and oxygen atoms in total. The number of pyridine rings is 1. The second-order valence-corrected chi connectivity index (χ2v) is 4.02. The van der Waals surface area contributed by atoms with Crippen molar-refractivity contribution in [1.82, 2.24) is 15.5 Å². The highest BCUT2D eigenvalue weighted by Crippen LogP contribution is 2.05. The predicted octanol–water partition coefficient (Wildman–Crippen LogP) is 1.74. The van der Waals surface area contributed by atoms with Crippen LogP contribution in [0.25, 0.3) is 0 Å². The zero-order valence-electron chi connectivity index (χ0n) is 10.2. The Kier molecular flexibility index (Phi) is 4.06. The van der Waals surface area contributed by atoms with Crippen LogP contribution in [0.2, 0.25) is 0 Å². The van der Waals surface area contributed by atoms with Crippen molar-refractivity contribution in [2.45, 2.75) is 19.8 Å². The average molecular weight is 245 g/mol. The van der Waals surface area contributed by atoms with Crippen molar-refractivity contribution in [2.75, 3.05) is 6.54 Å². The van der Waals surface area contributed by atoms with Gasteiger partial charge in [-0.3, -0.25) is 9.78 Å². The fraction of sp³-hybridized carbons (Fsp3) is 0.308. The van der Waals surface area contributed by atoms with Crippen LogP contribution in [0.15, 0.2) is 35.2 Å². The van der Waals surface area contributed by atoms with Crippen molar-refractivity contribution in [1.29, 1.82) is 0 Å². The number of nitrogens with zero attached hydrogens (tertiary/aromatic N) is 2. The first-order chi connectivity index (χ1) is 8.77. The molecule has 0 aliphatic carbocycles. The molecule has 18 heavy (non-hydrogen) atoms. The van der Waals surface area contributed by atoms with Gasteiger partial charge in [0.15, 0.2) is 0 Å². The third kappa shape index (κ3) is 3.16. The number of aryl methyl sites for hydroxylation is 2. The molecule has 0 radical (unpaired) electrons. The zero-order valence-corrected chi connectivity index (χ0v) is 10.2. The minimum absolute atomic E-state index is 0.139. The van der Waals surface area contributed by atoms with Crippen LogP contribution in [-0.2, 0) is 6.42 Å². The van der Waals surface area contributed by atoms with Crippen LogP contribution < -0.4 is 5.32 Å². The summed E-state index contributed by atoms with van der Waals surface area (Å²) in [5.74, 6) is 0.402. The highest BCUT2D eigenvalue weighted by Gasteiger charge is 2.11. The lowest BCUT2D eigenvalue weighted by atomic mass is 10.1. The Labute approximate surface area is 105 Å². The molecule has 2 rings (SSSR count). The van der Waals surface area contributed by atoms with Gasteiger partial charge in [0, 0.05) is 18.9 Å². The molecule has 0 unspecified atom stereocenters. The molecule has 0 atom stereocenters. The van der Waals surface area contributed by atoms with Crippen LogP contribution in [0.4, 0.5) is 0 Å². The van der Waals surface area contributed by atoms with Crippen LogP contribution in [0.3, 0.4) is 0 Å². The Bertz CT molecular complexity index is 508. The fourth-order valence-electron chi connectivity index (χ4n) is 1.65. The molecular formula is C13H15N3O2. The van der Waals surface area contributed by atoms with Crippen molar-refractivity contribution in [2.24, 2.45) is 0 Å². The van der Waals surface area contributed by atoms with Gasteiger partial charge in [-0.25, -0.2) is 0 Å². The molecule has 2 aromatic rings. The first-order valence-electron chi connectivity index (χ1n) is 5.86. The Balaban J connectivity index is 1.73. The van der Waals surface area contributed by atoms with Crippen LogP contribution >= 0.6 is 0 Å². The van der Waals surface area contributed by atoms with Gasteiger partial charge >= 0.3 is 0 Å². The van der Waals surface area contributed by atoms with Gasteiger partial charge < -0.3 is 9.84 Å². The van der Waals surface area contributed by atoms with E-state index in [9.17, 15) is 4.79 Å². The Morgan fingerprint density at radius 2 is 2.33 bits per heavy atom. The number of carbonyl (C=O) groups is 1. The van der Waals surface area contributed by atoms with Gasteiger partial charge in [-0.15, -0.1) is 0 Å². The molecule has 0 aliphatic heterocycles. The summed E-state index contributed by atoms with van der Waals surface area (Å²) < 4.78 is 4.84. The van der Waals surface area contributed by atoms with Crippen molar-refractivity contribution in [3.8, 4) is 0 Å². The van der Waals surface area contributed by atoms with E-state index >= 15 is 0 Å². The maximum absolute atomic E-state index is 11.7. The third-order valence-corrected chi connectivity index (χ3v) is 2.65. The van der Waals surface area contributed by atoms with E-state index in [0.717, 1.165) is 12.8 Å². The number of hydrogen-bond acceptors (Lipinski definition) is 4. The molecule has 0 spiro atoms. The Hall–Kier alpha value is -2.17. The van der Waals surface area contributed by atoms with Gasteiger partial charge in [0.1, 0.15) is 11.3 Å². The van der Waals surface area contributed by atoms with Crippen molar-refractivity contribution in [3.63, 3.8) is 0 Å². The van der Waals surface area contributed by atoms with E-state index in [-0.39, 0.29) is 5.91 Å². The minimum atomic E-state index is -0.139. The van der Waals surface area contributed by atoms with Crippen LogP contribution in [-0.4, -0.2) is 22.6 Å². The fourth-order valence-corrected chi connectivity index (χ4v) is 1.65. The topological polar surface area (TPSA) is 68.0 Å². The van der Waals surface area contributed by atoms with Gasteiger partial charge in [-0.1, -0.05) is 11.2 Å².